The summed E-state index contributed by atoms with van der Waals surface area (Å²) in [5, 5.41) is 8.54. The molecule has 0 heterocycles. The van der Waals surface area contributed by atoms with Gasteiger partial charge in [-0.1, -0.05) is 6.07 Å². The molecule has 0 aromatic heterocycles. The van der Waals surface area contributed by atoms with E-state index in [1.165, 1.54) is 24.1 Å². The van der Waals surface area contributed by atoms with Crippen LogP contribution < -0.4 is 4.74 Å². The van der Waals surface area contributed by atoms with E-state index in [0.29, 0.717) is 19.4 Å². The molecule has 0 aliphatic carbocycles. The van der Waals surface area contributed by atoms with E-state index in [2.05, 4.69) is 0 Å². The van der Waals surface area contributed by atoms with Crippen molar-refractivity contribution >= 4 is 11.9 Å². The maximum atomic E-state index is 13.5. The number of aliphatic carboxylic acids is 1. The van der Waals surface area contributed by atoms with Crippen molar-refractivity contribution in [1.29, 1.82) is 0 Å². The lowest BCUT2D eigenvalue weighted by molar-refractivity contribution is -0.138. The van der Waals surface area contributed by atoms with E-state index >= 15 is 0 Å². The van der Waals surface area contributed by atoms with Gasteiger partial charge in [-0.05, 0) is 30.5 Å². The van der Waals surface area contributed by atoms with E-state index in [9.17, 15) is 14.0 Å². The second-order valence-electron chi connectivity index (χ2n) is 4.78. The van der Waals surface area contributed by atoms with Crippen LogP contribution in [0.5, 0.6) is 5.75 Å². The van der Waals surface area contributed by atoms with Crippen molar-refractivity contribution < 1.29 is 23.8 Å². The van der Waals surface area contributed by atoms with Crippen molar-refractivity contribution in [1.82, 2.24) is 4.90 Å². The molecule has 0 spiro atoms. The summed E-state index contributed by atoms with van der Waals surface area (Å²) in [6, 6.07) is 4.61. The van der Waals surface area contributed by atoms with Gasteiger partial charge in [0.05, 0.1) is 7.11 Å². The van der Waals surface area contributed by atoms with Crippen LogP contribution in [0.4, 0.5) is 4.39 Å². The predicted octanol–water partition coefficient (Wildman–Crippen LogP) is 2.09. The van der Waals surface area contributed by atoms with Crippen LogP contribution in [0.25, 0.3) is 0 Å². The van der Waals surface area contributed by atoms with E-state index in [1.54, 1.807) is 13.1 Å². The second-order valence-corrected chi connectivity index (χ2v) is 4.78. The number of nitrogens with zero attached hydrogens (tertiary/aromatic N) is 1. The summed E-state index contributed by atoms with van der Waals surface area (Å²) < 4.78 is 18.3. The lowest BCUT2D eigenvalue weighted by Gasteiger charge is -2.16. The standard InChI is InChI=1S/C15H20FNO4/c1-17(9-3-4-15(19)20)14(18)8-6-11-5-7-13(21-2)12(16)10-11/h5,7,10H,3-4,6,8-9H2,1-2H3,(H,19,20). The molecule has 1 amide bonds. The molecular formula is C15H20FNO4. The molecule has 0 aliphatic heterocycles. The number of halogens is 1. The van der Waals surface area contributed by atoms with Gasteiger partial charge in [0.1, 0.15) is 0 Å². The molecule has 0 aliphatic rings. The van der Waals surface area contributed by atoms with Crippen molar-refractivity contribution in [2.75, 3.05) is 20.7 Å². The summed E-state index contributed by atoms with van der Waals surface area (Å²) in [6.45, 7) is 0.405. The quantitative estimate of drug-likeness (QED) is 0.798. The van der Waals surface area contributed by atoms with Gasteiger partial charge in [0.2, 0.25) is 5.91 Å². The lowest BCUT2D eigenvalue weighted by atomic mass is 10.1. The molecule has 0 bridgehead atoms. The molecule has 0 saturated heterocycles. The third-order valence-corrected chi connectivity index (χ3v) is 3.15. The first-order valence-electron chi connectivity index (χ1n) is 6.72. The number of amides is 1. The highest BCUT2D eigenvalue weighted by Gasteiger charge is 2.10. The topological polar surface area (TPSA) is 66.8 Å². The molecule has 1 aromatic carbocycles. The van der Waals surface area contributed by atoms with Crippen LogP contribution in [0, 0.1) is 5.82 Å². The summed E-state index contributed by atoms with van der Waals surface area (Å²) in [6.07, 6.45) is 1.16. The van der Waals surface area contributed by atoms with Crippen LogP contribution in [-0.2, 0) is 16.0 Å². The Kier molecular flexibility index (Phi) is 6.65. The Morgan fingerprint density at radius 2 is 2.05 bits per heavy atom. The Morgan fingerprint density at radius 3 is 2.62 bits per heavy atom. The summed E-state index contributed by atoms with van der Waals surface area (Å²) in [4.78, 5) is 23.8. The Bertz CT molecular complexity index is 504. The van der Waals surface area contributed by atoms with Gasteiger partial charge in [-0.3, -0.25) is 9.59 Å². The maximum Gasteiger partial charge on any atom is 0.303 e. The molecule has 1 rings (SSSR count). The summed E-state index contributed by atoms with van der Waals surface area (Å²) in [5.74, 6) is -1.23. The lowest BCUT2D eigenvalue weighted by Crippen LogP contribution is -2.28. The fraction of sp³-hybridized carbons (Fsp3) is 0.467. The Labute approximate surface area is 123 Å². The Morgan fingerprint density at radius 1 is 1.33 bits per heavy atom. The summed E-state index contributed by atoms with van der Waals surface area (Å²) in [7, 11) is 3.03. The van der Waals surface area contributed by atoms with Gasteiger partial charge < -0.3 is 14.7 Å². The molecule has 6 heteroatoms. The average molecular weight is 297 g/mol. The van der Waals surface area contributed by atoms with E-state index in [-0.39, 0.29) is 24.5 Å². The number of hydrogen-bond acceptors (Lipinski definition) is 3. The number of hydrogen-bond donors (Lipinski definition) is 1. The number of benzene rings is 1. The van der Waals surface area contributed by atoms with Crippen molar-refractivity contribution in [2.24, 2.45) is 0 Å². The van der Waals surface area contributed by atoms with Crippen molar-refractivity contribution in [3.8, 4) is 5.75 Å². The minimum atomic E-state index is -0.871. The van der Waals surface area contributed by atoms with Crippen LogP contribution >= 0.6 is 0 Å². The zero-order chi connectivity index (χ0) is 15.8. The molecule has 5 nitrogen and oxygen atoms in total. The van der Waals surface area contributed by atoms with Gasteiger partial charge in [0.25, 0.3) is 0 Å². The molecule has 1 aromatic rings. The molecule has 1 N–H and O–H groups in total. The highest BCUT2D eigenvalue weighted by atomic mass is 19.1. The molecular weight excluding hydrogens is 277 g/mol. The minimum absolute atomic E-state index is 0.0430. The van der Waals surface area contributed by atoms with Crippen LogP contribution in [0.15, 0.2) is 18.2 Å². The fourth-order valence-corrected chi connectivity index (χ4v) is 1.90. The number of carbonyl (C=O) groups excluding carboxylic acids is 1. The number of rotatable bonds is 8. The number of carboxylic acid groups (broad SMARTS) is 1. The molecule has 21 heavy (non-hydrogen) atoms. The largest absolute Gasteiger partial charge is 0.494 e. The summed E-state index contributed by atoms with van der Waals surface area (Å²) in [5.41, 5.74) is 0.723. The van der Waals surface area contributed by atoms with E-state index in [0.717, 1.165) is 5.56 Å². The predicted molar refractivity (Wildman–Crippen MR) is 75.8 cm³/mol. The highest BCUT2D eigenvalue weighted by Crippen LogP contribution is 2.18. The Hall–Kier alpha value is -2.11. The number of ether oxygens (including phenoxy) is 1. The third-order valence-electron chi connectivity index (χ3n) is 3.15. The molecule has 0 radical (unpaired) electrons. The van der Waals surface area contributed by atoms with Crippen LogP contribution in [0.3, 0.4) is 0 Å². The number of carbonyl (C=O) groups is 2. The normalized spacial score (nSPS) is 10.2. The number of carboxylic acids is 1. The number of methoxy groups -OCH3 is 1. The van der Waals surface area contributed by atoms with Gasteiger partial charge in [-0.15, -0.1) is 0 Å². The fourth-order valence-electron chi connectivity index (χ4n) is 1.90. The van der Waals surface area contributed by atoms with Crippen molar-refractivity contribution in [3.63, 3.8) is 0 Å². The third kappa shape index (κ3) is 5.81. The second kappa shape index (κ2) is 8.24. The first-order valence-corrected chi connectivity index (χ1v) is 6.72. The average Bonchev–Trinajstić information content (AvgIpc) is 2.44. The first-order chi connectivity index (χ1) is 9.93. The van der Waals surface area contributed by atoms with Gasteiger partial charge in [0, 0.05) is 26.4 Å². The van der Waals surface area contributed by atoms with Gasteiger partial charge >= 0.3 is 5.97 Å². The van der Waals surface area contributed by atoms with Crippen LogP contribution in [0.1, 0.15) is 24.8 Å². The molecule has 0 unspecified atom stereocenters. The maximum absolute atomic E-state index is 13.5. The van der Waals surface area contributed by atoms with Gasteiger partial charge in [0.15, 0.2) is 11.6 Å². The molecule has 0 fully saturated rings. The SMILES string of the molecule is COc1ccc(CCC(=O)N(C)CCCC(=O)O)cc1F. The van der Waals surface area contributed by atoms with E-state index in [4.69, 9.17) is 9.84 Å². The molecule has 0 atom stereocenters. The molecule has 0 saturated carbocycles. The van der Waals surface area contributed by atoms with Crippen LogP contribution in [0.2, 0.25) is 0 Å². The zero-order valence-corrected chi connectivity index (χ0v) is 12.3. The van der Waals surface area contributed by atoms with Gasteiger partial charge in [-0.25, -0.2) is 4.39 Å². The monoisotopic (exact) mass is 297 g/mol. The van der Waals surface area contributed by atoms with Crippen molar-refractivity contribution in [2.45, 2.75) is 25.7 Å². The minimum Gasteiger partial charge on any atom is -0.494 e. The van der Waals surface area contributed by atoms with E-state index < -0.39 is 11.8 Å². The van der Waals surface area contributed by atoms with Crippen LogP contribution in [-0.4, -0.2) is 42.6 Å². The number of aryl methyl sites for hydroxylation is 1. The smallest absolute Gasteiger partial charge is 0.303 e. The van der Waals surface area contributed by atoms with E-state index in [1.807, 2.05) is 0 Å². The zero-order valence-electron chi connectivity index (χ0n) is 12.3. The van der Waals surface area contributed by atoms with Crippen molar-refractivity contribution in [3.05, 3.63) is 29.6 Å². The van der Waals surface area contributed by atoms with Gasteiger partial charge in [-0.2, -0.15) is 0 Å². The Balaban J connectivity index is 2.41. The highest BCUT2D eigenvalue weighted by molar-refractivity contribution is 5.76. The first kappa shape index (κ1) is 16.9. The summed E-state index contributed by atoms with van der Waals surface area (Å²) >= 11 is 0. The molecule has 116 valence electrons.